The number of hydrogen-bond acceptors (Lipinski definition) is 2. The Hall–Kier alpha value is -0.590. The highest BCUT2D eigenvalue weighted by atomic mass is 127. The Morgan fingerprint density at radius 2 is 1.90 bits per heavy atom. The lowest BCUT2D eigenvalue weighted by atomic mass is 9.99. The molecule has 0 radical (unpaired) electrons. The maximum atomic E-state index is 5.20. The van der Waals surface area contributed by atoms with E-state index in [1.165, 1.54) is 14.7 Å². The van der Waals surface area contributed by atoms with E-state index >= 15 is 0 Å². The third-order valence-electron chi connectivity index (χ3n) is 3.56. The SMILES string of the molecule is CNC(CCc1ccc(OC)cc1)c1cc(Br)ccc1I. The first kappa shape index (κ1) is 16.8. The normalized spacial score (nSPS) is 12.2. The van der Waals surface area contributed by atoms with Crippen LogP contribution in [0.25, 0.3) is 0 Å². The van der Waals surface area contributed by atoms with Gasteiger partial charge in [0.2, 0.25) is 0 Å². The molecule has 1 unspecified atom stereocenters. The topological polar surface area (TPSA) is 21.3 Å². The van der Waals surface area contributed by atoms with Crippen molar-refractivity contribution in [2.24, 2.45) is 0 Å². The number of aryl methyl sites for hydroxylation is 1. The zero-order chi connectivity index (χ0) is 15.2. The molecule has 2 rings (SSSR count). The summed E-state index contributed by atoms with van der Waals surface area (Å²) in [5.41, 5.74) is 2.68. The van der Waals surface area contributed by atoms with E-state index in [1.807, 2.05) is 19.2 Å². The summed E-state index contributed by atoms with van der Waals surface area (Å²) in [5.74, 6) is 0.908. The highest BCUT2D eigenvalue weighted by molar-refractivity contribution is 14.1. The maximum Gasteiger partial charge on any atom is 0.118 e. The number of nitrogens with one attached hydrogen (secondary N) is 1. The molecule has 0 amide bonds. The molecule has 1 N–H and O–H groups in total. The van der Waals surface area contributed by atoms with Gasteiger partial charge in [0, 0.05) is 14.1 Å². The third-order valence-corrected chi connectivity index (χ3v) is 5.04. The molecule has 112 valence electrons. The van der Waals surface area contributed by atoms with Gasteiger partial charge in [-0.3, -0.25) is 0 Å². The Morgan fingerprint density at radius 1 is 1.19 bits per heavy atom. The molecular formula is C17H19BrINO. The Balaban J connectivity index is 2.06. The van der Waals surface area contributed by atoms with Gasteiger partial charge in [-0.1, -0.05) is 28.1 Å². The van der Waals surface area contributed by atoms with Gasteiger partial charge in [-0.15, -0.1) is 0 Å². The van der Waals surface area contributed by atoms with Crippen molar-refractivity contribution in [3.63, 3.8) is 0 Å². The number of benzene rings is 2. The van der Waals surface area contributed by atoms with Crippen LogP contribution in [0.1, 0.15) is 23.6 Å². The summed E-state index contributed by atoms with van der Waals surface area (Å²) < 4.78 is 7.62. The molecule has 2 aromatic carbocycles. The van der Waals surface area contributed by atoms with Gasteiger partial charge in [0.1, 0.15) is 5.75 Å². The number of halogens is 2. The summed E-state index contributed by atoms with van der Waals surface area (Å²) in [6.45, 7) is 0. The molecule has 0 aliphatic heterocycles. The maximum absolute atomic E-state index is 5.20. The summed E-state index contributed by atoms with van der Waals surface area (Å²) in [6.07, 6.45) is 2.10. The van der Waals surface area contributed by atoms with Crippen molar-refractivity contribution >= 4 is 38.5 Å². The van der Waals surface area contributed by atoms with Crippen molar-refractivity contribution < 1.29 is 4.74 Å². The van der Waals surface area contributed by atoms with Crippen molar-refractivity contribution in [2.75, 3.05) is 14.2 Å². The molecule has 0 saturated heterocycles. The minimum absolute atomic E-state index is 0.358. The number of hydrogen-bond donors (Lipinski definition) is 1. The monoisotopic (exact) mass is 459 g/mol. The van der Waals surface area contributed by atoms with Crippen LogP contribution in [0, 0.1) is 3.57 Å². The third kappa shape index (κ3) is 4.69. The summed E-state index contributed by atoms with van der Waals surface area (Å²) in [5, 5.41) is 3.43. The summed E-state index contributed by atoms with van der Waals surface area (Å²) in [7, 11) is 3.72. The molecule has 0 fully saturated rings. The zero-order valence-corrected chi connectivity index (χ0v) is 15.9. The van der Waals surface area contributed by atoms with Crippen LogP contribution in [0.3, 0.4) is 0 Å². The van der Waals surface area contributed by atoms with Crippen molar-refractivity contribution in [1.82, 2.24) is 5.32 Å². The molecule has 1 atom stereocenters. The summed E-state index contributed by atoms with van der Waals surface area (Å²) >= 11 is 5.96. The molecule has 0 aliphatic rings. The second-order valence-corrected chi connectivity index (χ2v) is 6.97. The highest BCUT2D eigenvalue weighted by Crippen LogP contribution is 2.27. The van der Waals surface area contributed by atoms with Gasteiger partial charge in [0.05, 0.1) is 7.11 Å². The smallest absolute Gasteiger partial charge is 0.118 e. The van der Waals surface area contributed by atoms with Crippen LogP contribution in [-0.2, 0) is 6.42 Å². The van der Waals surface area contributed by atoms with E-state index in [4.69, 9.17) is 4.74 Å². The highest BCUT2D eigenvalue weighted by Gasteiger charge is 2.13. The molecular weight excluding hydrogens is 441 g/mol. The minimum atomic E-state index is 0.358. The molecule has 0 spiro atoms. The first-order valence-electron chi connectivity index (χ1n) is 6.89. The first-order chi connectivity index (χ1) is 10.1. The first-order valence-corrected chi connectivity index (χ1v) is 8.76. The van der Waals surface area contributed by atoms with Crippen LogP contribution in [0.4, 0.5) is 0 Å². The van der Waals surface area contributed by atoms with Gasteiger partial charge in [-0.2, -0.15) is 0 Å². The van der Waals surface area contributed by atoms with Crippen LogP contribution in [0.15, 0.2) is 46.9 Å². The Labute approximate surface area is 148 Å². The molecule has 21 heavy (non-hydrogen) atoms. The molecule has 4 heteroatoms. The fourth-order valence-corrected chi connectivity index (χ4v) is 3.43. The van der Waals surface area contributed by atoms with E-state index in [0.29, 0.717) is 6.04 Å². The van der Waals surface area contributed by atoms with Gasteiger partial charge in [0.15, 0.2) is 0 Å². The van der Waals surface area contributed by atoms with Gasteiger partial charge in [0.25, 0.3) is 0 Å². The lowest BCUT2D eigenvalue weighted by Crippen LogP contribution is -2.18. The fraction of sp³-hybridized carbons (Fsp3) is 0.294. The lowest BCUT2D eigenvalue weighted by Gasteiger charge is -2.18. The van der Waals surface area contributed by atoms with E-state index in [0.717, 1.165) is 23.1 Å². The molecule has 0 heterocycles. The number of methoxy groups -OCH3 is 1. The van der Waals surface area contributed by atoms with Crippen LogP contribution < -0.4 is 10.1 Å². The summed E-state index contributed by atoms with van der Waals surface area (Å²) in [4.78, 5) is 0. The van der Waals surface area contributed by atoms with E-state index < -0.39 is 0 Å². The van der Waals surface area contributed by atoms with Crippen LogP contribution >= 0.6 is 38.5 Å². The average molecular weight is 460 g/mol. The van der Waals surface area contributed by atoms with E-state index in [2.05, 4.69) is 74.2 Å². The Morgan fingerprint density at radius 3 is 2.52 bits per heavy atom. The van der Waals surface area contributed by atoms with Crippen molar-refractivity contribution in [3.05, 3.63) is 61.6 Å². The van der Waals surface area contributed by atoms with Gasteiger partial charge in [-0.25, -0.2) is 0 Å². The van der Waals surface area contributed by atoms with Crippen LogP contribution in [0.5, 0.6) is 5.75 Å². The number of rotatable bonds is 6. The van der Waals surface area contributed by atoms with Crippen LogP contribution in [-0.4, -0.2) is 14.2 Å². The molecule has 0 aromatic heterocycles. The van der Waals surface area contributed by atoms with E-state index in [9.17, 15) is 0 Å². The van der Waals surface area contributed by atoms with Gasteiger partial charge in [-0.05, 0) is 83.9 Å². The molecule has 0 bridgehead atoms. The molecule has 0 aliphatic carbocycles. The predicted molar refractivity (Wildman–Crippen MR) is 100.0 cm³/mol. The fourth-order valence-electron chi connectivity index (χ4n) is 2.34. The van der Waals surface area contributed by atoms with Crippen molar-refractivity contribution in [2.45, 2.75) is 18.9 Å². The number of ether oxygens (including phenoxy) is 1. The zero-order valence-electron chi connectivity index (χ0n) is 12.2. The predicted octanol–water partition coefficient (Wildman–Crippen LogP) is 4.96. The largest absolute Gasteiger partial charge is 0.497 e. The standard InChI is InChI=1S/C17H19BrINO/c1-20-17(15-11-13(18)6-9-16(15)19)10-5-12-3-7-14(21-2)8-4-12/h3-4,6-9,11,17,20H,5,10H2,1-2H3. The second kappa shape index (κ2) is 8.15. The van der Waals surface area contributed by atoms with Crippen molar-refractivity contribution in [3.8, 4) is 5.75 Å². The van der Waals surface area contributed by atoms with Crippen molar-refractivity contribution in [1.29, 1.82) is 0 Å². The Kier molecular flexibility index (Phi) is 6.51. The quantitative estimate of drug-likeness (QED) is 0.616. The Bertz CT molecular complexity index is 586. The van der Waals surface area contributed by atoms with E-state index in [-0.39, 0.29) is 0 Å². The van der Waals surface area contributed by atoms with E-state index in [1.54, 1.807) is 7.11 Å². The van der Waals surface area contributed by atoms with Gasteiger partial charge < -0.3 is 10.1 Å². The van der Waals surface area contributed by atoms with Gasteiger partial charge >= 0.3 is 0 Å². The second-order valence-electron chi connectivity index (χ2n) is 4.89. The summed E-state index contributed by atoms with van der Waals surface area (Å²) in [6, 6.07) is 15.1. The van der Waals surface area contributed by atoms with Crippen LogP contribution in [0.2, 0.25) is 0 Å². The molecule has 0 saturated carbocycles. The lowest BCUT2D eigenvalue weighted by molar-refractivity contribution is 0.414. The minimum Gasteiger partial charge on any atom is -0.497 e. The molecule has 2 aromatic rings. The molecule has 2 nitrogen and oxygen atoms in total. The average Bonchev–Trinajstić information content (AvgIpc) is 2.51.